The molecule has 15 aromatic rings. The molecule has 0 aliphatic heterocycles. The van der Waals surface area contributed by atoms with Gasteiger partial charge in [-0.1, -0.05) is 170 Å². The molecule has 0 saturated heterocycles. The second-order valence-electron chi connectivity index (χ2n) is 20.6. The van der Waals surface area contributed by atoms with Crippen LogP contribution >= 0.6 is 0 Å². The number of nitrogens with two attached hydrogens (primary N) is 1. The van der Waals surface area contributed by atoms with Crippen molar-refractivity contribution in [2.24, 2.45) is 5.73 Å². The van der Waals surface area contributed by atoms with E-state index in [4.69, 9.17) is 15.9 Å². The monoisotopic (exact) mass is 1030 g/mol. The van der Waals surface area contributed by atoms with Crippen molar-refractivity contribution < 1.29 is 4.74 Å². The summed E-state index contributed by atoms with van der Waals surface area (Å²) < 4.78 is 13.1. The molecule has 0 bridgehead atoms. The number of nitrogens with one attached hydrogen (secondary N) is 1. The van der Waals surface area contributed by atoms with Crippen LogP contribution in [0.1, 0.15) is 17.4 Å². The van der Waals surface area contributed by atoms with E-state index >= 15 is 0 Å². The molecule has 0 aliphatic rings. The third-order valence-corrected chi connectivity index (χ3v) is 16.0. The molecule has 3 aromatic heterocycles. The summed E-state index contributed by atoms with van der Waals surface area (Å²) in [5.74, 6) is 0.0227. The lowest BCUT2D eigenvalue weighted by Crippen LogP contribution is -2.19. The maximum absolute atomic E-state index is 8.82. The molecule has 1 atom stereocenters. The van der Waals surface area contributed by atoms with E-state index in [1.54, 1.807) is 0 Å². The third kappa shape index (κ3) is 7.96. The van der Waals surface area contributed by atoms with Crippen LogP contribution < -0.4 is 5.73 Å². The third-order valence-electron chi connectivity index (χ3n) is 16.0. The number of para-hydroxylation sites is 1. The standard InChI is InChI=1S/C74H51N5O/c75-73(51-22-12-4-13-23-51)80-74(76)52-26-33-59(34-27-52)78-67-36-28-53(48-16-6-1-7-17-48)42-61(67)63-45-56(31-39-68(63)78)57-32-40-71-64(46-57)62-43-54(49-18-8-2-9-19-49)30-38-70(62)79(71)60-35-41-72-66(47-60)65-44-55(50-20-10-3-11-21-50)29-37-69(65)77(72)58-24-14-5-15-25-58/h1-47,73,76H,75H2. The van der Waals surface area contributed by atoms with E-state index in [0.717, 1.165) is 83.2 Å². The summed E-state index contributed by atoms with van der Waals surface area (Å²) in [6.45, 7) is 0. The zero-order chi connectivity index (χ0) is 53.3. The van der Waals surface area contributed by atoms with Gasteiger partial charge in [-0.15, -0.1) is 0 Å². The summed E-state index contributed by atoms with van der Waals surface area (Å²) >= 11 is 0. The van der Waals surface area contributed by atoms with Crippen LogP contribution in [-0.2, 0) is 4.74 Å². The normalized spacial score (nSPS) is 12.1. The van der Waals surface area contributed by atoms with Gasteiger partial charge in [0.25, 0.3) is 0 Å². The lowest BCUT2D eigenvalue weighted by atomic mass is 9.98. The van der Waals surface area contributed by atoms with Crippen LogP contribution in [0.3, 0.4) is 0 Å². The van der Waals surface area contributed by atoms with Crippen molar-refractivity contribution in [1.29, 1.82) is 5.41 Å². The first kappa shape index (κ1) is 46.7. The van der Waals surface area contributed by atoms with E-state index in [9.17, 15) is 0 Å². The maximum atomic E-state index is 8.82. The van der Waals surface area contributed by atoms with Crippen molar-refractivity contribution >= 4 is 71.3 Å². The predicted octanol–water partition coefficient (Wildman–Crippen LogP) is 18.6. The fourth-order valence-corrected chi connectivity index (χ4v) is 12.1. The van der Waals surface area contributed by atoms with Gasteiger partial charge < -0.3 is 18.4 Å². The Labute approximate surface area is 462 Å². The number of ether oxygens (including phenoxy) is 1. The fourth-order valence-electron chi connectivity index (χ4n) is 12.1. The number of fused-ring (bicyclic) bond motifs is 9. The summed E-state index contributed by atoms with van der Waals surface area (Å²) in [7, 11) is 0. The number of hydrogen-bond acceptors (Lipinski definition) is 3. The van der Waals surface area contributed by atoms with Gasteiger partial charge >= 0.3 is 0 Å². The minimum absolute atomic E-state index is 0.0227. The van der Waals surface area contributed by atoms with E-state index in [1.165, 1.54) is 49.3 Å². The topological polar surface area (TPSA) is 73.9 Å². The van der Waals surface area contributed by atoms with Gasteiger partial charge in [0.2, 0.25) is 5.90 Å². The summed E-state index contributed by atoms with van der Waals surface area (Å²) in [6.07, 6.45) is -0.745. The highest BCUT2D eigenvalue weighted by Crippen LogP contribution is 2.42. The number of benzene rings is 12. The largest absolute Gasteiger partial charge is 0.454 e. The zero-order valence-electron chi connectivity index (χ0n) is 43.5. The molecule has 12 aromatic carbocycles. The Balaban J connectivity index is 0.886. The summed E-state index contributed by atoms with van der Waals surface area (Å²) in [5.41, 5.74) is 27.2. The SMILES string of the molecule is N=C(OC(N)c1ccccc1)c1ccc(-n2c3ccc(-c4ccccc4)cc3c3cc(-c4ccc5c(c4)c4cc(-c6ccccc6)ccc4n5-c4ccc5c(c4)c4cc(-c6ccccc6)ccc4n5-c4ccccc4)ccc32)cc1. The highest BCUT2D eigenvalue weighted by Gasteiger charge is 2.21. The van der Waals surface area contributed by atoms with Gasteiger partial charge in [0.1, 0.15) is 0 Å². The average molecular weight is 1030 g/mol. The van der Waals surface area contributed by atoms with Gasteiger partial charge in [0.05, 0.1) is 33.1 Å². The van der Waals surface area contributed by atoms with Gasteiger partial charge in [-0.25, -0.2) is 0 Å². The molecule has 1 unspecified atom stereocenters. The molecule has 6 nitrogen and oxygen atoms in total. The highest BCUT2D eigenvalue weighted by atomic mass is 16.5. The van der Waals surface area contributed by atoms with E-state index < -0.39 is 6.23 Å². The Bertz CT molecular complexity index is 4850. The van der Waals surface area contributed by atoms with Crippen LogP contribution in [0.4, 0.5) is 0 Å². The predicted molar refractivity (Wildman–Crippen MR) is 332 cm³/mol. The second kappa shape index (κ2) is 19.2. The van der Waals surface area contributed by atoms with Crippen molar-refractivity contribution in [2.45, 2.75) is 6.23 Å². The van der Waals surface area contributed by atoms with Gasteiger partial charge in [-0.2, -0.15) is 0 Å². The van der Waals surface area contributed by atoms with Gasteiger partial charge in [0, 0.05) is 60.5 Å². The quantitative estimate of drug-likeness (QED) is 0.0814. The van der Waals surface area contributed by atoms with E-state index in [2.05, 4.69) is 256 Å². The Kier molecular flexibility index (Phi) is 11.2. The Morgan fingerprint density at radius 3 is 0.963 bits per heavy atom. The first-order valence-corrected chi connectivity index (χ1v) is 27.1. The van der Waals surface area contributed by atoms with E-state index in [-0.39, 0.29) is 5.90 Å². The van der Waals surface area contributed by atoms with Crippen molar-refractivity contribution in [1.82, 2.24) is 13.7 Å². The molecule has 6 heteroatoms. The molecular weight excluding hydrogens is 975 g/mol. The molecule has 3 N–H and O–H groups in total. The van der Waals surface area contributed by atoms with Crippen molar-refractivity contribution in [3.63, 3.8) is 0 Å². The summed E-state index contributed by atoms with van der Waals surface area (Å²) in [4.78, 5) is 0. The lowest BCUT2D eigenvalue weighted by molar-refractivity contribution is 0.199. The number of aromatic nitrogens is 3. The van der Waals surface area contributed by atoms with Gasteiger partial charge in [-0.3, -0.25) is 11.1 Å². The molecule has 80 heavy (non-hydrogen) atoms. The van der Waals surface area contributed by atoms with Crippen molar-refractivity contribution in [2.75, 3.05) is 0 Å². The molecule has 15 rings (SSSR count). The molecule has 0 fully saturated rings. The molecule has 0 radical (unpaired) electrons. The summed E-state index contributed by atoms with van der Waals surface area (Å²) in [5, 5.41) is 15.9. The molecule has 0 amide bonds. The fraction of sp³-hybridized carbons (Fsp3) is 0.0135. The molecule has 378 valence electrons. The maximum Gasteiger partial charge on any atom is 0.215 e. The average Bonchev–Trinajstić information content (AvgIpc) is 4.25. The zero-order valence-corrected chi connectivity index (χ0v) is 43.5. The Morgan fingerprint density at radius 2 is 0.575 bits per heavy atom. The van der Waals surface area contributed by atoms with Crippen LogP contribution in [-0.4, -0.2) is 19.6 Å². The minimum atomic E-state index is -0.745. The van der Waals surface area contributed by atoms with Gasteiger partial charge in [0.15, 0.2) is 6.23 Å². The van der Waals surface area contributed by atoms with E-state index in [1.807, 2.05) is 42.5 Å². The first-order chi connectivity index (χ1) is 39.5. The molecule has 3 heterocycles. The summed E-state index contributed by atoms with van der Waals surface area (Å²) in [6, 6.07) is 102. The highest BCUT2D eigenvalue weighted by molar-refractivity contribution is 6.15. The number of nitrogens with zero attached hydrogens (tertiary/aromatic N) is 3. The first-order valence-electron chi connectivity index (χ1n) is 27.1. The molecule has 0 spiro atoms. The van der Waals surface area contributed by atoms with Crippen LogP contribution in [0.5, 0.6) is 0 Å². The van der Waals surface area contributed by atoms with E-state index in [0.29, 0.717) is 5.56 Å². The minimum Gasteiger partial charge on any atom is -0.454 e. The second-order valence-corrected chi connectivity index (χ2v) is 20.6. The molecule has 0 saturated carbocycles. The Hall–Kier alpha value is -10.5. The van der Waals surface area contributed by atoms with Gasteiger partial charge in [-0.05, 0) is 160 Å². The Morgan fingerprint density at radius 1 is 0.287 bits per heavy atom. The van der Waals surface area contributed by atoms with Crippen molar-refractivity contribution in [3.8, 4) is 61.6 Å². The number of rotatable bonds is 10. The lowest BCUT2D eigenvalue weighted by Gasteiger charge is -2.16. The molecule has 0 aliphatic carbocycles. The van der Waals surface area contributed by atoms with Crippen LogP contribution in [0, 0.1) is 5.41 Å². The molecular formula is C74H51N5O. The smallest absolute Gasteiger partial charge is 0.215 e. The number of hydrogen-bond donors (Lipinski definition) is 2. The van der Waals surface area contributed by atoms with Crippen LogP contribution in [0.2, 0.25) is 0 Å². The van der Waals surface area contributed by atoms with Crippen LogP contribution in [0.15, 0.2) is 285 Å². The van der Waals surface area contributed by atoms with Crippen molar-refractivity contribution in [3.05, 3.63) is 296 Å². The van der Waals surface area contributed by atoms with Crippen LogP contribution in [0.25, 0.3) is 127 Å².